The number of rotatable bonds is 7. The summed E-state index contributed by atoms with van der Waals surface area (Å²) >= 11 is 0. The summed E-state index contributed by atoms with van der Waals surface area (Å²) in [6, 6.07) is 14.1. The number of sulfonamides is 1. The summed E-state index contributed by atoms with van der Waals surface area (Å²) in [5, 5.41) is 2.72. The van der Waals surface area contributed by atoms with Crippen LogP contribution in [0.15, 0.2) is 48.5 Å². The molecule has 7 nitrogen and oxygen atoms in total. The fourth-order valence-corrected chi connectivity index (χ4v) is 4.26. The zero-order chi connectivity index (χ0) is 21.9. The number of hydrogen-bond acceptors (Lipinski definition) is 4. The molecule has 0 spiro atoms. The minimum absolute atomic E-state index is 0.0964. The topological polar surface area (TPSA) is 86.8 Å². The van der Waals surface area contributed by atoms with E-state index in [-0.39, 0.29) is 12.5 Å². The van der Waals surface area contributed by atoms with E-state index >= 15 is 0 Å². The van der Waals surface area contributed by atoms with Crippen LogP contribution in [0.1, 0.15) is 38.2 Å². The van der Waals surface area contributed by atoms with E-state index in [4.69, 9.17) is 0 Å². The van der Waals surface area contributed by atoms with Crippen LogP contribution in [-0.4, -0.2) is 39.6 Å². The second-order valence-electron chi connectivity index (χ2n) is 7.76. The number of benzene rings is 2. The van der Waals surface area contributed by atoms with Crippen molar-refractivity contribution >= 4 is 38.9 Å². The first-order chi connectivity index (χ1) is 14.1. The van der Waals surface area contributed by atoms with E-state index in [1.165, 1.54) is 0 Å². The quantitative estimate of drug-likeness (QED) is 0.731. The molecule has 1 heterocycles. The summed E-state index contributed by atoms with van der Waals surface area (Å²) in [6.07, 6.45) is 2.48. The Morgan fingerprint density at radius 2 is 1.73 bits per heavy atom. The van der Waals surface area contributed by atoms with Gasteiger partial charge in [-0.15, -0.1) is 0 Å². The van der Waals surface area contributed by atoms with Crippen LogP contribution in [0.25, 0.3) is 0 Å². The zero-order valence-corrected chi connectivity index (χ0v) is 18.3. The van der Waals surface area contributed by atoms with Crippen molar-refractivity contribution in [2.45, 2.75) is 32.6 Å². The molecule has 1 saturated heterocycles. The Balaban J connectivity index is 1.69. The third kappa shape index (κ3) is 5.18. The molecule has 160 valence electrons. The van der Waals surface area contributed by atoms with E-state index in [9.17, 15) is 18.0 Å². The smallest absolute Gasteiger partial charge is 0.245 e. The SMILES string of the molecule is CC(C)c1ccc(N(CC(=O)Nc2ccc(N3CCCC3=O)cc2)S(C)(=O)=O)cc1. The van der Waals surface area contributed by atoms with Gasteiger partial charge in [0.1, 0.15) is 6.54 Å². The summed E-state index contributed by atoms with van der Waals surface area (Å²) in [5.74, 6) is -0.0229. The predicted octanol–water partition coefficient (Wildman–Crippen LogP) is 3.34. The molecule has 0 aromatic heterocycles. The maximum absolute atomic E-state index is 12.5. The molecule has 0 atom stereocenters. The first-order valence-electron chi connectivity index (χ1n) is 9.93. The Bertz CT molecular complexity index is 1020. The van der Waals surface area contributed by atoms with Crippen LogP contribution in [-0.2, 0) is 19.6 Å². The first kappa shape index (κ1) is 21.8. The summed E-state index contributed by atoms with van der Waals surface area (Å²) in [7, 11) is -3.63. The van der Waals surface area contributed by atoms with Crippen LogP contribution in [0, 0.1) is 0 Å². The fourth-order valence-electron chi connectivity index (χ4n) is 3.40. The average Bonchev–Trinajstić information content (AvgIpc) is 3.12. The van der Waals surface area contributed by atoms with Crippen molar-refractivity contribution in [3.8, 4) is 0 Å². The van der Waals surface area contributed by atoms with Crippen molar-refractivity contribution < 1.29 is 18.0 Å². The predicted molar refractivity (Wildman–Crippen MR) is 119 cm³/mol. The van der Waals surface area contributed by atoms with E-state index in [2.05, 4.69) is 19.2 Å². The maximum atomic E-state index is 12.5. The molecular formula is C22H27N3O4S. The summed E-state index contributed by atoms with van der Waals surface area (Å²) in [5.41, 5.74) is 2.87. The van der Waals surface area contributed by atoms with Crippen molar-refractivity contribution in [2.75, 3.05) is 33.9 Å². The minimum Gasteiger partial charge on any atom is -0.325 e. The monoisotopic (exact) mass is 429 g/mol. The molecule has 1 aliphatic heterocycles. The van der Waals surface area contributed by atoms with Crippen LogP contribution in [0.2, 0.25) is 0 Å². The summed E-state index contributed by atoms with van der Waals surface area (Å²) < 4.78 is 25.6. The highest BCUT2D eigenvalue weighted by atomic mass is 32.2. The number of nitrogens with one attached hydrogen (secondary N) is 1. The lowest BCUT2D eigenvalue weighted by Crippen LogP contribution is -2.37. The molecule has 8 heteroatoms. The number of hydrogen-bond donors (Lipinski definition) is 1. The van der Waals surface area contributed by atoms with E-state index in [0.717, 1.165) is 28.2 Å². The third-order valence-electron chi connectivity index (χ3n) is 5.07. The van der Waals surface area contributed by atoms with E-state index in [0.29, 0.717) is 30.3 Å². The molecule has 30 heavy (non-hydrogen) atoms. The van der Waals surface area contributed by atoms with Crippen molar-refractivity contribution in [1.29, 1.82) is 0 Å². The summed E-state index contributed by atoms with van der Waals surface area (Å²) in [6.45, 7) is 4.49. The van der Waals surface area contributed by atoms with Crippen molar-refractivity contribution in [3.05, 3.63) is 54.1 Å². The number of carbonyl (C=O) groups is 2. The highest BCUT2D eigenvalue weighted by molar-refractivity contribution is 7.92. The van der Waals surface area contributed by atoms with Gasteiger partial charge in [-0.05, 0) is 54.3 Å². The Hall–Kier alpha value is -2.87. The molecule has 0 bridgehead atoms. The van der Waals surface area contributed by atoms with Gasteiger partial charge in [0.15, 0.2) is 0 Å². The lowest BCUT2D eigenvalue weighted by atomic mass is 10.0. The number of amides is 2. The molecule has 0 aliphatic carbocycles. The van der Waals surface area contributed by atoms with Gasteiger partial charge in [0.25, 0.3) is 0 Å². The maximum Gasteiger partial charge on any atom is 0.245 e. The minimum atomic E-state index is -3.63. The van der Waals surface area contributed by atoms with Gasteiger partial charge in [0.2, 0.25) is 21.8 Å². The van der Waals surface area contributed by atoms with Crippen LogP contribution in [0.3, 0.4) is 0 Å². The van der Waals surface area contributed by atoms with Gasteiger partial charge in [-0.1, -0.05) is 26.0 Å². The molecule has 3 rings (SSSR count). The molecular weight excluding hydrogens is 402 g/mol. The number of anilines is 3. The fraction of sp³-hybridized carbons (Fsp3) is 0.364. The molecule has 0 radical (unpaired) electrons. The molecule has 0 saturated carbocycles. The molecule has 2 aromatic rings. The average molecular weight is 430 g/mol. The summed E-state index contributed by atoms with van der Waals surface area (Å²) in [4.78, 5) is 26.1. The number of carbonyl (C=O) groups excluding carboxylic acids is 2. The second kappa shape index (κ2) is 8.87. The van der Waals surface area contributed by atoms with Crippen LogP contribution in [0.5, 0.6) is 0 Å². The van der Waals surface area contributed by atoms with Crippen molar-refractivity contribution in [1.82, 2.24) is 0 Å². The molecule has 2 amide bonds. The molecule has 1 N–H and O–H groups in total. The van der Waals surface area contributed by atoms with Crippen LogP contribution in [0.4, 0.5) is 17.1 Å². The van der Waals surface area contributed by atoms with Gasteiger partial charge in [-0.3, -0.25) is 13.9 Å². The highest BCUT2D eigenvalue weighted by Gasteiger charge is 2.23. The lowest BCUT2D eigenvalue weighted by Gasteiger charge is -2.22. The highest BCUT2D eigenvalue weighted by Crippen LogP contribution is 2.24. The normalized spacial score (nSPS) is 14.3. The van der Waals surface area contributed by atoms with Crippen molar-refractivity contribution in [2.24, 2.45) is 0 Å². The zero-order valence-electron chi connectivity index (χ0n) is 17.5. The third-order valence-corrected chi connectivity index (χ3v) is 6.21. The van der Waals surface area contributed by atoms with E-state index in [1.54, 1.807) is 41.3 Å². The standard InChI is InChI=1S/C22H27N3O4S/c1-16(2)17-6-10-20(11-7-17)25(30(3,28)29)15-21(26)23-18-8-12-19(13-9-18)24-14-4-5-22(24)27/h6-13,16H,4-5,14-15H2,1-3H3,(H,23,26). The van der Waals surface area contributed by atoms with Gasteiger partial charge in [0, 0.05) is 24.3 Å². The number of nitrogens with zero attached hydrogens (tertiary/aromatic N) is 2. The molecule has 1 fully saturated rings. The second-order valence-corrected chi connectivity index (χ2v) is 9.67. The molecule has 1 aliphatic rings. The van der Waals surface area contributed by atoms with E-state index in [1.807, 2.05) is 12.1 Å². The lowest BCUT2D eigenvalue weighted by molar-refractivity contribution is -0.117. The Kier molecular flexibility index (Phi) is 6.45. The van der Waals surface area contributed by atoms with Gasteiger partial charge in [-0.25, -0.2) is 8.42 Å². The molecule has 0 unspecified atom stereocenters. The first-order valence-corrected chi connectivity index (χ1v) is 11.8. The Morgan fingerprint density at radius 1 is 1.10 bits per heavy atom. The van der Waals surface area contributed by atoms with Gasteiger partial charge in [-0.2, -0.15) is 0 Å². The van der Waals surface area contributed by atoms with Gasteiger partial charge >= 0.3 is 0 Å². The van der Waals surface area contributed by atoms with Crippen molar-refractivity contribution in [3.63, 3.8) is 0 Å². The Morgan fingerprint density at radius 3 is 2.23 bits per heavy atom. The van der Waals surface area contributed by atoms with Gasteiger partial charge in [0.05, 0.1) is 11.9 Å². The largest absolute Gasteiger partial charge is 0.325 e. The van der Waals surface area contributed by atoms with Crippen LogP contribution < -0.4 is 14.5 Å². The van der Waals surface area contributed by atoms with Crippen LogP contribution >= 0.6 is 0 Å². The van der Waals surface area contributed by atoms with E-state index < -0.39 is 15.9 Å². The Labute approximate surface area is 177 Å². The molecule has 2 aromatic carbocycles. The van der Waals surface area contributed by atoms with Gasteiger partial charge < -0.3 is 10.2 Å².